The fourth-order valence-corrected chi connectivity index (χ4v) is 1.50. The van der Waals surface area contributed by atoms with Crippen LogP contribution in [0.3, 0.4) is 0 Å². The van der Waals surface area contributed by atoms with Crippen LogP contribution in [0.15, 0.2) is 16.3 Å². The predicted molar refractivity (Wildman–Crippen MR) is 39.0 cm³/mol. The molecule has 2 nitrogen and oxygen atoms in total. The molecule has 0 aromatic carbocycles. The Morgan fingerprint density at radius 1 is 1.40 bits per heavy atom. The summed E-state index contributed by atoms with van der Waals surface area (Å²) in [4.78, 5) is 15.3. The van der Waals surface area contributed by atoms with Crippen LogP contribution in [-0.2, 0) is 4.79 Å². The number of hydrogen-bond donors (Lipinski definition) is 0. The molecule has 2 rings (SSSR count). The van der Waals surface area contributed by atoms with E-state index in [9.17, 15) is 4.79 Å². The van der Waals surface area contributed by atoms with E-state index in [1.165, 1.54) is 0 Å². The van der Waals surface area contributed by atoms with Crippen LogP contribution in [0.1, 0.15) is 25.7 Å². The van der Waals surface area contributed by atoms with Gasteiger partial charge in [-0.1, -0.05) is 0 Å². The number of Topliss-reactive ketones (excluding diaryl/α,β-unsaturated/α-hetero) is 1. The van der Waals surface area contributed by atoms with Crippen LogP contribution in [0.5, 0.6) is 0 Å². The number of carbonyl (C=O) groups is 1. The molecule has 0 saturated heterocycles. The van der Waals surface area contributed by atoms with Gasteiger partial charge in [0.25, 0.3) is 0 Å². The first kappa shape index (κ1) is 5.83. The molecule has 0 saturated carbocycles. The Balaban J connectivity index is 2.36. The number of hydrogen-bond acceptors (Lipinski definition) is 2. The second-order valence-electron chi connectivity index (χ2n) is 2.72. The average Bonchev–Trinajstić information content (AvgIpc) is 2.36. The Kier molecular flexibility index (Phi) is 1.19. The van der Waals surface area contributed by atoms with Gasteiger partial charge in [-0.15, -0.1) is 0 Å². The lowest BCUT2D eigenvalue weighted by molar-refractivity contribution is -0.116. The van der Waals surface area contributed by atoms with Gasteiger partial charge in [0, 0.05) is 30.3 Å². The molecule has 0 aromatic rings. The van der Waals surface area contributed by atoms with Gasteiger partial charge >= 0.3 is 0 Å². The Labute approximate surface area is 59.6 Å². The molecule has 1 aliphatic heterocycles. The van der Waals surface area contributed by atoms with E-state index >= 15 is 0 Å². The van der Waals surface area contributed by atoms with Gasteiger partial charge in [-0.25, -0.2) is 0 Å². The largest absolute Gasteiger partial charge is 0.294 e. The monoisotopic (exact) mass is 135 g/mol. The first-order valence-corrected chi connectivity index (χ1v) is 3.65. The molecule has 0 unspecified atom stereocenters. The van der Waals surface area contributed by atoms with Gasteiger partial charge in [-0.2, -0.15) is 0 Å². The lowest BCUT2D eigenvalue weighted by atomic mass is 9.95. The summed E-state index contributed by atoms with van der Waals surface area (Å²) in [7, 11) is 0. The van der Waals surface area contributed by atoms with Gasteiger partial charge in [0.2, 0.25) is 0 Å². The molecule has 0 N–H and O–H groups in total. The highest BCUT2D eigenvalue weighted by molar-refractivity contribution is 6.01. The van der Waals surface area contributed by atoms with Crippen molar-refractivity contribution >= 4 is 12.0 Å². The van der Waals surface area contributed by atoms with Gasteiger partial charge in [0.15, 0.2) is 5.78 Å². The normalized spacial score (nSPS) is 23.8. The summed E-state index contributed by atoms with van der Waals surface area (Å²) >= 11 is 0. The Hall–Kier alpha value is -0.920. The zero-order valence-corrected chi connectivity index (χ0v) is 5.76. The number of aliphatic imine (C=N–C) groups is 1. The summed E-state index contributed by atoms with van der Waals surface area (Å²) in [6.07, 6.45) is 5.37. The quantitative estimate of drug-likeness (QED) is 0.494. The van der Waals surface area contributed by atoms with Crippen LogP contribution < -0.4 is 0 Å². The van der Waals surface area contributed by atoms with E-state index in [2.05, 4.69) is 4.99 Å². The van der Waals surface area contributed by atoms with Crippen molar-refractivity contribution in [3.05, 3.63) is 11.3 Å². The lowest BCUT2D eigenvalue weighted by Gasteiger charge is -2.09. The van der Waals surface area contributed by atoms with Gasteiger partial charge in [0.05, 0.1) is 0 Å². The highest BCUT2D eigenvalue weighted by Crippen LogP contribution is 2.27. The smallest absolute Gasteiger partial charge is 0.161 e. The minimum absolute atomic E-state index is 0.318. The SMILES string of the molecule is O=C1CCCC2=C1CC=N2. The summed E-state index contributed by atoms with van der Waals surface area (Å²) < 4.78 is 0. The summed E-state index contributed by atoms with van der Waals surface area (Å²) in [6, 6.07) is 0. The van der Waals surface area contributed by atoms with Gasteiger partial charge in [0.1, 0.15) is 0 Å². The zero-order chi connectivity index (χ0) is 6.97. The van der Waals surface area contributed by atoms with E-state index in [4.69, 9.17) is 0 Å². The minimum atomic E-state index is 0.318. The molecular formula is C8H9NO. The number of ketones is 1. The highest BCUT2D eigenvalue weighted by Gasteiger charge is 2.21. The van der Waals surface area contributed by atoms with Crippen LogP contribution in [0.25, 0.3) is 0 Å². The van der Waals surface area contributed by atoms with Crippen molar-refractivity contribution in [2.24, 2.45) is 4.99 Å². The molecule has 10 heavy (non-hydrogen) atoms. The minimum Gasteiger partial charge on any atom is -0.294 e. The third-order valence-electron chi connectivity index (χ3n) is 2.04. The van der Waals surface area contributed by atoms with Crippen molar-refractivity contribution in [1.82, 2.24) is 0 Å². The van der Waals surface area contributed by atoms with E-state index in [-0.39, 0.29) is 0 Å². The number of allylic oxidation sites excluding steroid dienone is 2. The zero-order valence-electron chi connectivity index (χ0n) is 5.76. The van der Waals surface area contributed by atoms with Crippen molar-refractivity contribution in [2.45, 2.75) is 25.7 Å². The highest BCUT2D eigenvalue weighted by atomic mass is 16.1. The van der Waals surface area contributed by atoms with Crippen LogP contribution in [-0.4, -0.2) is 12.0 Å². The maximum atomic E-state index is 11.1. The first-order valence-electron chi connectivity index (χ1n) is 3.65. The summed E-state index contributed by atoms with van der Waals surface area (Å²) in [5.74, 6) is 0.318. The van der Waals surface area contributed by atoms with E-state index in [0.29, 0.717) is 5.78 Å². The topological polar surface area (TPSA) is 29.4 Å². The fourth-order valence-electron chi connectivity index (χ4n) is 1.50. The van der Waals surface area contributed by atoms with Crippen molar-refractivity contribution in [2.75, 3.05) is 0 Å². The maximum Gasteiger partial charge on any atom is 0.161 e. The summed E-state index contributed by atoms with van der Waals surface area (Å²) in [6.45, 7) is 0. The molecule has 52 valence electrons. The van der Waals surface area contributed by atoms with Crippen molar-refractivity contribution < 1.29 is 4.79 Å². The van der Waals surface area contributed by atoms with Crippen LogP contribution in [0, 0.1) is 0 Å². The standard InChI is InChI=1S/C8H9NO/c10-8-3-1-2-7-6(8)4-5-9-7/h5H,1-4H2. The molecule has 1 aliphatic carbocycles. The lowest BCUT2D eigenvalue weighted by Crippen LogP contribution is -2.07. The third-order valence-corrected chi connectivity index (χ3v) is 2.04. The Bertz CT molecular complexity index is 238. The molecule has 2 aliphatic rings. The van der Waals surface area contributed by atoms with E-state index in [1.54, 1.807) is 0 Å². The van der Waals surface area contributed by atoms with Gasteiger partial charge in [-0.05, 0) is 12.8 Å². The second-order valence-corrected chi connectivity index (χ2v) is 2.72. The first-order chi connectivity index (χ1) is 4.88. The predicted octanol–water partition coefficient (Wildman–Crippen LogP) is 1.47. The van der Waals surface area contributed by atoms with Gasteiger partial charge in [-0.3, -0.25) is 9.79 Å². The van der Waals surface area contributed by atoms with Crippen LogP contribution >= 0.6 is 0 Å². The Morgan fingerprint density at radius 2 is 2.30 bits per heavy atom. The summed E-state index contributed by atoms with van der Waals surface area (Å²) in [5, 5.41) is 0. The van der Waals surface area contributed by atoms with Crippen molar-refractivity contribution in [3.63, 3.8) is 0 Å². The van der Waals surface area contributed by atoms with E-state index < -0.39 is 0 Å². The molecular weight excluding hydrogens is 126 g/mol. The second kappa shape index (κ2) is 2.04. The Morgan fingerprint density at radius 3 is 3.10 bits per heavy atom. The molecule has 0 radical (unpaired) electrons. The van der Waals surface area contributed by atoms with Crippen molar-refractivity contribution in [1.29, 1.82) is 0 Å². The molecule has 0 fully saturated rings. The molecule has 0 spiro atoms. The van der Waals surface area contributed by atoms with Crippen LogP contribution in [0.2, 0.25) is 0 Å². The molecule has 1 heterocycles. The van der Waals surface area contributed by atoms with Crippen molar-refractivity contribution in [3.8, 4) is 0 Å². The average molecular weight is 135 g/mol. The molecule has 2 heteroatoms. The van der Waals surface area contributed by atoms with Gasteiger partial charge < -0.3 is 0 Å². The fraction of sp³-hybridized carbons (Fsp3) is 0.500. The molecule has 0 aromatic heterocycles. The molecule has 0 bridgehead atoms. The number of carbonyl (C=O) groups excluding carboxylic acids is 1. The molecule has 0 atom stereocenters. The summed E-state index contributed by atoms with van der Waals surface area (Å²) in [5.41, 5.74) is 2.03. The van der Waals surface area contributed by atoms with Crippen LogP contribution in [0.4, 0.5) is 0 Å². The van der Waals surface area contributed by atoms with E-state index in [0.717, 1.165) is 37.0 Å². The maximum absolute atomic E-state index is 11.1. The molecule has 0 amide bonds. The van der Waals surface area contributed by atoms with E-state index in [1.807, 2.05) is 6.21 Å². The third kappa shape index (κ3) is 0.719. The number of rotatable bonds is 0. The number of nitrogens with zero attached hydrogens (tertiary/aromatic N) is 1.